The van der Waals surface area contributed by atoms with E-state index in [4.69, 9.17) is 11.6 Å². The van der Waals surface area contributed by atoms with Gasteiger partial charge in [-0.25, -0.2) is 8.42 Å². The first-order chi connectivity index (χ1) is 13.0. The number of hydrogen-bond acceptors (Lipinski definition) is 3. The van der Waals surface area contributed by atoms with Crippen molar-refractivity contribution in [2.45, 2.75) is 30.8 Å². The Balaban J connectivity index is 1.90. The molecule has 1 aliphatic heterocycles. The summed E-state index contributed by atoms with van der Waals surface area (Å²) in [5.74, 6) is -0.0299. The summed E-state index contributed by atoms with van der Waals surface area (Å²) in [7, 11) is -4.13. The molecular formula is C18H16ClF3N2O3S. The molecule has 1 aliphatic rings. The SMILES string of the molecule is Cc1cc(S(=O)(=O)Nc2ccc(Cl)c(C(F)(F)F)c2)ccc1N1CCCC1=O. The van der Waals surface area contributed by atoms with Gasteiger partial charge in [0.25, 0.3) is 10.0 Å². The molecular weight excluding hydrogens is 417 g/mol. The fourth-order valence-electron chi connectivity index (χ4n) is 3.02. The van der Waals surface area contributed by atoms with Crippen molar-refractivity contribution in [3.05, 3.63) is 52.5 Å². The van der Waals surface area contributed by atoms with Gasteiger partial charge in [-0.15, -0.1) is 0 Å². The number of nitrogens with zero attached hydrogens (tertiary/aromatic N) is 1. The van der Waals surface area contributed by atoms with Crippen molar-refractivity contribution in [1.29, 1.82) is 0 Å². The van der Waals surface area contributed by atoms with Crippen molar-refractivity contribution in [2.75, 3.05) is 16.2 Å². The molecule has 10 heteroatoms. The van der Waals surface area contributed by atoms with Crippen molar-refractivity contribution >= 4 is 38.9 Å². The minimum atomic E-state index is -4.71. The summed E-state index contributed by atoms with van der Waals surface area (Å²) in [6.07, 6.45) is -3.53. The zero-order valence-electron chi connectivity index (χ0n) is 14.7. The standard InChI is InChI=1S/C18H16ClF3N2O3S/c1-11-9-13(5-7-16(11)24-8-2-3-17(24)25)28(26,27)23-12-4-6-15(19)14(10-12)18(20,21)22/h4-7,9-10,23H,2-3,8H2,1H3. The van der Waals surface area contributed by atoms with Gasteiger partial charge < -0.3 is 4.90 Å². The van der Waals surface area contributed by atoms with Gasteiger partial charge in [0.1, 0.15) is 0 Å². The summed E-state index contributed by atoms with van der Waals surface area (Å²) in [5, 5.41) is -0.522. The molecule has 0 saturated carbocycles. The monoisotopic (exact) mass is 432 g/mol. The van der Waals surface area contributed by atoms with Crippen LogP contribution >= 0.6 is 11.6 Å². The Kier molecular flexibility index (Phi) is 5.33. The van der Waals surface area contributed by atoms with Crippen LogP contribution in [0, 0.1) is 6.92 Å². The maximum absolute atomic E-state index is 13.0. The minimum absolute atomic E-state index is 0.0299. The highest BCUT2D eigenvalue weighted by atomic mass is 35.5. The van der Waals surface area contributed by atoms with Crippen molar-refractivity contribution in [1.82, 2.24) is 0 Å². The quantitative estimate of drug-likeness (QED) is 0.768. The molecule has 5 nitrogen and oxygen atoms in total. The highest BCUT2D eigenvalue weighted by Crippen LogP contribution is 2.36. The van der Waals surface area contributed by atoms with E-state index in [2.05, 4.69) is 4.72 Å². The normalized spacial score (nSPS) is 15.2. The maximum Gasteiger partial charge on any atom is 0.417 e. The van der Waals surface area contributed by atoms with E-state index in [1.54, 1.807) is 11.8 Å². The second kappa shape index (κ2) is 7.29. The van der Waals surface area contributed by atoms with Gasteiger partial charge in [0, 0.05) is 24.3 Å². The predicted octanol–water partition coefficient (Wildman–Crippen LogP) is 4.59. The van der Waals surface area contributed by atoms with Gasteiger partial charge in [-0.1, -0.05) is 11.6 Å². The molecule has 3 rings (SSSR count). The number of carbonyl (C=O) groups is 1. The van der Waals surface area contributed by atoms with E-state index in [9.17, 15) is 26.4 Å². The number of nitrogens with one attached hydrogen (secondary N) is 1. The van der Waals surface area contributed by atoms with Crippen LogP contribution in [0.2, 0.25) is 5.02 Å². The summed E-state index contributed by atoms with van der Waals surface area (Å²) >= 11 is 5.55. The van der Waals surface area contributed by atoms with Crippen LogP contribution in [0.1, 0.15) is 24.0 Å². The second-order valence-corrected chi connectivity index (χ2v) is 8.48. The van der Waals surface area contributed by atoms with Crippen molar-refractivity contribution in [3.8, 4) is 0 Å². The highest BCUT2D eigenvalue weighted by Gasteiger charge is 2.33. The largest absolute Gasteiger partial charge is 0.417 e. The molecule has 0 atom stereocenters. The fourth-order valence-corrected chi connectivity index (χ4v) is 4.38. The number of rotatable bonds is 4. The van der Waals surface area contributed by atoms with E-state index in [0.717, 1.165) is 18.6 Å². The van der Waals surface area contributed by atoms with Crippen LogP contribution < -0.4 is 9.62 Å². The molecule has 0 aliphatic carbocycles. The zero-order chi connectivity index (χ0) is 20.7. The van der Waals surface area contributed by atoms with Crippen LogP contribution in [-0.4, -0.2) is 20.9 Å². The summed E-state index contributed by atoms with van der Waals surface area (Å²) < 4.78 is 66.2. The average Bonchev–Trinajstić information content (AvgIpc) is 3.01. The molecule has 0 spiro atoms. The number of sulfonamides is 1. The lowest BCUT2D eigenvalue weighted by atomic mass is 10.2. The molecule has 28 heavy (non-hydrogen) atoms. The van der Waals surface area contributed by atoms with Gasteiger partial charge in [0.2, 0.25) is 5.91 Å². The van der Waals surface area contributed by atoms with Crippen molar-refractivity contribution in [2.24, 2.45) is 0 Å². The zero-order valence-corrected chi connectivity index (χ0v) is 16.2. The minimum Gasteiger partial charge on any atom is -0.312 e. The molecule has 1 heterocycles. The number of alkyl halides is 3. The third-order valence-corrected chi connectivity index (χ3v) is 6.08. The molecule has 2 aromatic carbocycles. The molecule has 1 N–H and O–H groups in total. The van der Waals surface area contributed by atoms with Gasteiger partial charge in [-0.3, -0.25) is 9.52 Å². The molecule has 1 saturated heterocycles. The third-order valence-electron chi connectivity index (χ3n) is 4.37. The Morgan fingerprint density at radius 2 is 1.86 bits per heavy atom. The Bertz CT molecular complexity index is 1040. The molecule has 150 valence electrons. The number of carbonyl (C=O) groups excluding carboxylic acids is 1. The van der Waals surface area contributed by atoms with E-state index >= 15 is 0 Å². The first-order valence-electron chi connectivity index (χ1n) is 8.29. The van der Waals surface area contributed by atoms with Gasteiger partial charge in [-0.2, -0.15) is 13.2 Å². The van der Waals surface area contributed by atoms with E-state index in [1.165, 1.54) is 18.2 Å². The van der Waals surface area contributed by atoms with E-state index < -0.39 is 26.8 Å². The average molecular weight is 433 g/mol. The molecule has 1 amide bonds. The number of halogens is 4. The lowest BCUT2D eigenvalue weighted by molar-refractivity contribution is -0.137. The smallest absolute Gasteiger partial charge is 0.312 e. The first kappa shape index (κ1) is 20.5. The highest BCUT2D eigenvalue weighted by molar-refractivity contribution is 7.92. The number of aryl methyl sites for hydroxylation is 1. The molecule has 0 aromatic heterocycles. The van der Waals surface area contributed by atoms with E-state index in [0.29, 0.717) is 30.3 Å². The van der Waals surface area contributed by atoms with Crippen molar-refractivity contribution in [3.63, 3.8) is 0 Å². The van der Waals surface area contributed by atoms with Crippen LogP contribution in [-0.2, 0) is 21.0 Å². The Hall–Kier alpha value is -2.26. The summed E-state index contributed by atoms with van der Waals surface area (Å²) in [6.45, 7) is 2.24. The van der Waals surface area contributed by atoms with E-state index in [1.807, 2.05) is 0 Å². The van der Waals surface area contributed by atoms with Crippen LogP contribution in [0.25, 0.3) is 0 Å². The number of benzene rings is 2. The lowest BCUT2D eigenvalue weighted by Crippen LogP contribution is -2.24. The third kappa shape index (κ3) is 4.10. The molecule has 1 fully saturated rings. The number of anilines is 2. The summed E-state index contributed by atoms with van der Waals surface area (Å²) in [6, 6.07) is 7.00. The summed E-state index contributed by atoms with van der Waals surface area (Å²) in [4.78, 5) is 13.4. The summed E-state index contributed by atoms with van der Waals surface area (Å²) in [5.41, 5.74) is -0.195. The van der Waals surface area contributed by atoms with E-state index in [-0.39, 0.29) is 16.5 Å². The van der Waals surface area contributed by atoms with Gasteiger partial charge in [-0.05, 0) is 55.3 Å². The predicted molar refractivity (Wildman–Crippen MR) is 100 cm³/mol. The first-order valence-corrected chi connectivity index (χ1v) is 10.2. The molecule has 0 unspecified atom stereocenters. The molecule has 0 bridgehead atoms. The molecule has 0 radical (unpaired) electrons. The van der Waals surface area contributed by atoms with Crippen LogP contribution in [0.3, 0.4) is 0 Å². The number of hydrogen-bond donors (Lipinski definition) is 1. The lowest BCUT2D eigenvalue weighted by Gasteiger charge is -2.19. The van der Waals surface area contributed by atoms with Gasteiger partial charge >= 0.3 is 6.18 Å². The Morgan fingerprint density at radius 1 is 1.14 bits per heavy atom. The Morgan fingerprint density at radius 3 is 2.43 bits per heavy atom. The van der Waals surface area contributed by atoms with Crippen molar-refractivity contribution < 1.29 is 26.4 Å². The maximum atomic E-state index is 13.0. The fraction of sp³-hybridized carbons (Fsp3) is 0.278. The van der Waals surface area contributed by atoms with Gasteiger partial charge in [0.05, 0.1) is 15.5 Å². The van der Waals surface area contributed by atoms with Gasteiger partial charge in [0.15, 0.2) is 0 Å². The second-order valence-electron chi connectivity index (χ2n) is 6.40. The molecule has 2 aromatic rings. The van der Waals surface area contributed by atoms with Crippen LogP contribution in [0.5, 0.6) is 0 Å². The topological polar surface area (TPSA) is 66.5 Å². The Labute approximate surface area is 165 Å². The van der Waals surface area contributed by atoms with Crippen LogP contribution in [0.4, 0.5) is 24.5 Å². The van der Waals surface area contributed by atoms with Crippen LogP contribution in [0.15, 0.2) is 41.3 Å². The number of amides is 1.